The number of carbonyl (C=O) groups excluding carboxylic acids is 1. The SMILES string of the molecule is CC1CCN(C(=O)c2ccc(F)c(S(N)(=O)=O)c2)C1. The smallest absolute Gasteiger partial charge is 0.253 e. The van der Waals surface area contributed by atoms with Crippen LogP contribution in [0, 0.1) is 11.7 Å². The van der Waals surface area contributed by atoms with Crippen LogP contribution in [-0.2, 0) is 10.0 Å². The van der Waals surface area contributed by atoms with Gasteiger partial charge < -0.3 is 4.90 Å². The number of hydrogen-bond acceptors (Lipinski definition) is 3. The van der Waals surface area contributed by atoms with Gasteiger partial charge in [0, 0.05) is 18.7 Å². The van der Waals surface area contributed by atoms with E-state index in [9.17, 15) is 17.6 Å². The minimum atomic E-state index is -4.17. The maximum atomic E-state index is 13.4. The van der Waals surface area contributed by atoms with Gasteiger partial charge in [-0.1, -0.05) is 6.92 Å². The first-order valence-electron chi connectivity index (χ1n) is 5.90. The molecule has 1 fully saturated rings. The molecular formula is C12H15FN2O3S. The highest BCUT2D eigenvalue weighted by atomic mass is 32.2. The van der Waals surface area contributed by atoms with Crippen LogP contribution >= 0.6 is 0 Å². The van der Waals surface area contributed by atoms with Crippen LogP contribution in [0.3, 0.4) is 0 Å². The van der Waals surface area contributed by atoms with Gasteiger partial charge >= 0.3 is 0 Å². The number of hydrogen-bond donors (Lipinski definition) is 1. The summed E-state index contributed by atoms with van der Waals surface area (Å²) in [7, 11) is -4.17. The summed E-state index contributed by atoms with van der Waals surface area (Å²) in [5, 5.41) is 4.91. The first kappa shape index (κ1) is 14.0. The Kier molecular flexibility index (Phi) is 3.60. The molecule has 2 N–H and O–H groups in total. The quantitative estimate of drug-likeness (QED) is 0.879. The summed E-state index contributed by atoms with van der Waals surface area (Å²) >= 11 is 0. The summed E-state index contributed by atoms with van der Waals surface area (Å²) in [5.74, 6) is -0.829. The minimum absolute atomic E-state index is 0.138. The molecule has 0 saturated carbocycles. The number of amides is 1. The van der Waals surface area contributed by atoms with Gasteiger partial charge in [0.05, 0.1) is 0 Å². The predicted molar refractivity (Wildman–Crippen MR) is 67.5 cm³/mol. The molecule has 0 radical (unpaired) electrons. The molecule has 19 heavy (non-hydrogen) atoms. The molecular weight excluding hydrogens is 271 g/mol. The molecule has 0 aliphatic carbocycles. The molecule has 1 aromatic carbocycles. The Balaban J connectivity index is 2.34. The van der Waals surface area contributed by atoms with E-state index in [-0.39, 0.29) is 11.5 Å². The van der Waals surface area contributed by atoms with Crippen LogP contribution < -0.4 is 5.14 Å². The van der Waals surface area contributed by atoms with E-state index in [1.807, 2.05) is 6.92 Å². The second kappa shape index (κ2) is 4.90. The van der Waals surface area contributed by atoms with Crippen LogP contribution in [0.4, 0.5) is 4.39 Å². The van der Waals surface area contributed by atoms with E-state index < -0.39 is 20.7 Å². The molecule has 1 saturated heterocycles. The first-order valence-corrected chi connectivity index (χ1v) is 7.45. The highest BCUT2D eigenvalue weighted by Gasteiger charge is 2.25. The fourth-order valence-corrected chi connectivity index (χ4v) is 2.79. The van der Waals surface area contributed by atoms with Crippen LogP contribution in [-0.4, -0.2) is 32.3 Å². The highest BCUT2D eigenvalue weighted by Crippen LogP contribution is 2.20. The first-order chi connectivity index (χ1) is 8.79. The highest BCUT2D eigenvalue weighted by molar-refractivity contribution is 7.89. The van der Waals surface area contributed by atoms with E-state index >= 15 is 0 Å². The van der Waals surface area contributed by atoms with Crippen LogP contribution in [0.15, 0.2) is 23.1 Å². The molecule has 1 aliphatic heterocycles. The zero-order chi connectivity index (χ0) is 14.2. The average Bonchev–Trinajstić information content (AvgIpc) is 2.74. The van der Waals surface area contributed by atoms with E-state index in [0.717, 1.165) is 18.6 Å². The Morgan fingerprint density at radius 3 is 2.68 bits per heavy atom. The van der Waals surface area contributed by atoms with Gasteiger partial charge in [0.15, 0.2) is 0 Å². The van der Waals surface area contributed by atoms with Crippen molar-refractivity contribution in [2.45, 2.75) is 18.2 Å². The van der Waals surface area contributed by atoms with Crippen LogP contribution in [0.5, 0.6) is 0 Å². The summed E-state index contributed by atoms with van der Waals surface area (Å²) in [6.07, 6.45) is 0.912. The number of carbonyl (C=O) groups is 1. The molecule has 1 heterocycles. The Morgan fingerprint density at radius 2 is 2.16 bits per heavy atom. The van der Waals surface area contributed by atoms with E-state index in [0.29, 0.717) is 19.0 Å². The molecule has 1 amide bonds. The lowest BCUT2D eigenvalue weighted by molar-refractivity contribution is 0.0788. The molecule has 5 nitrogen and oxygen atoms in total. The fourth-order valence-electron chi connectivity index (χ4n) is 2.16. The van der Waals surface area contributed by atoms with Crippen LogP contribution in [0.1, 0.15) is 23.7 Å². The maximum Gasteiger partial charge on any atom is 0.253 e. The number of primary sulfonamides is 1. The van der Waals surface area contributed by atoms with Crippen molar-refractivity contribution in [3.05, 3.63) is 29.6 Å². The van der Waals surface area contributed by atoms with Gasteiger partial charge in [-0.15, -0.1) is 0 Å². The Bertz CT molecular complexity index is 615. The van der Waals surface area contributed by atoms with Gasteiger partial charge in [-0.25, -0.2) is 17.9 Å². The topological polar surface area (TPSA) is 80.5 Å². The Morgan fingerprint density at radius 1 is 1.47 bits per heavy atom. The zero-order valence-electron chi connectivity index (χ0n) is 10.5. The predicted octanol–water partition coefficient (Wildman–Crippen LogP) is 0.955. The van der Waals surface area contributed by atoms with E-state index in [1.165, 1.54) is 6.07 Å². The zero-order valence-corrected chi connectivity index (χ0v) is 11.3. The van der Waals surface area contributed by atoms with Gasteiger partial charge in [0.2, 0.25) is 10.0 Å². The number of nitrogens with two attached hydrogens (primary N) is 1. The molecule has 2 rings (SSSR count). The second-order valence-corrected chi connectivity index (χ2v) is 6.37. The van der Waals surface area contributed by atoms with Crippen molar-refractivity contribution in [2.24, 2.45) is 11.1 Å². The lowest BCUT2D eigenvalue weighted by Crippen LogP contribution is -2.28. The van der Waals surface area contributed by atoms with Gasteiger partial charge in [-0.3, -0.25) is 4.79 Å². The van der Waals surface area contributed by atoms with Gasteiger partial charge in [0.1, 0.15) is 10.7 Å². The molecule has 0 aromatic heterocycles. The third-order valence-corrected chi connectivity index (χ3v) is 4.12. The molecule has 1 atom stereocenters. The Labute approximate surface area is 111 Å². The molecule has 0 bridgehead atoms. The van der Waals surface area contributed by atoms with Crippen LogP contribution in [0.2, 0.25) is 0 Å². The van der Waals surface area contributed by atoms with Crippen molar-refractivity contribution in [3.63, 3.8) is 0 Å². The molecule has 1 aliphatic rings. The van der Waals surface area contributed by atoms with Crippen molar-refractivity contribution in [2.75, 3.05) is 13.1 Å². The summed E-state index contributed by atoms with van der Waals surface area (Å²) in [4.78, 5) is 13.1. The number of benzene rings is 1. The summed E-state index contributed by atoms with van der Waals surface area (Å²) < 4.78 is 35.8. The number of nitrogens with zero attached hydrogens (tertiary/aromatic N) is 1. The van der Waals surface area contributed by atoms with Gasteiger partial charge in [-0.05, 0) is 30.5 Å². The molecule has 7 heteroatoms. The molecule has 1 aromatic rings. The van der Waals surface area contributed by atoms with Crippen molar-refractivity contribution >= 4 is 15.9 Å². The summed E-state index contributed by atoms with van der Waals surface area (Å²) in [6, 6.07) is 3.22. The van der Waals surface area contributed by atoms with E-state index in [1.54, 1.807) is 4.90 Å². The van der Waals surface area contributed by atoms with Crippen molar-refractivity contribution in [3.8, 4) is 0 Å². The maximum absolute atomic E-state index is 13.4. The standard InChI is InChI=1S/C12H15FN2O3S/c1-8-4-5-15(7-8)12(16)9-2-3-10(13)11(6-9)19(14,17)18/h2-3,6,8H,4-5,7H2,1H3,(H2,14,17,18). The van der Waals surface area contributed by atoms with E-state index in [2.05, 4.69) is 0 Å². The summed E-state index contributed by atoms with van der Waals surface area (Å²) in [5.41, 5.74) is 0.138. The third-order valence-electron chi connectivity index (χ3n) is 3.20. The van der Waals surface area contributed by atoms with Gasteiger partial charge in [0.25, 0.3) is 5.91 Å². The second-order valence-electron chi connectivity index (χ2n) is 4.84. The Hall–Kier alpha value is -1.47. The lowest BCUT2D eigenvalue weighted by Gasteiger charge is -2.16. The minimum Gasteiger partial charge on any atom is -0.338 e. The fraction of sp³-hybridized carbons (Fsp3) is 0.417. The van der Waals surface area contributed by atoms with E-state index in [4.69, 9.17) is 5.14 Å². The number of halogens is 1. The average molecular weight is 286 g/mol. The molecule has 0 spiro atoms. The lowest BCUT2D eigenvalue weighted by atomic mass is 10.2. The number of rotatable bonds is 2. The number of likely N-dealkylation sites (tertiary alicyclic amines) is 1. The van der Waals surface area contributed by atoms with Crippen molar-refractivity contribution in [1.82, 2.24) is 4.90 Å². The third kappa shape index (κ3) is 2.93. The van der Waals surface area contributed by atoms with Crippen molar-refractivity contribution < 1.29 is 17.6 Å². The number of sulfonamides is 1. The van der Waals surface area contributed by atoms with Gasteiger partial charge in [-0.2, -0.15) is 0 Å². The van der Waals surface area contributed by atoms with Crippen molar-refractivity contribution in [1.29, 1.82) is 0 Å². The molecule has 1 unspecified atom stereocenters. The molecule has 104 valence electrons. The summed E-state index contributed by atoms with van der Waals surface area (Å²) in [6.45, 7) is 3.29. The monoisotopic (exact) mass is 286 g/mol. The van der Waals surface area contributed by atoms with Crippen LogP contribution in [0.25, 0.3) is 0 Å². The normalized spacial score (nSPS) is 19.7. The largest absolute Gasteiger partial charge is 0.338 e.